The monoisotopic (exact) mass is 603 g/mol. The van der Waals surface area contributed by atoms with Crippen molar-refractivity contribution in [3.05, 3.63) is 58.9 Å². The highest BCUT2D eigenvalue weighted by molar-refractivity contribution is 6.06. The number of nitrogen functional groups attached to an aromatic ring is 1. The number of likely N-dealkylation sites (N-methyl/N-ethyl adjacent to an activating group) is 1. The molecule has 43 heavy (non-hydrogen) atoms. The number of fused-ring (bicyclic) bond motifs is 3. The molecular weight excluding hydrogens is 566 g/mol. The second-order valence-electron chi connectivity index (χ2n) is 10.6. The van der Waals surface area contributed by atoms with Crippen molar-refractivity contribution in [3.8, 4) is 5.75 Å². The third-order valence-corrected chi connectivity index (χ3v) is 7.19. The number of H-pyrrole nitrogens is 1. The van der Waals surface area contributed by atoms with Crippen molar-refractivity contribution in [2.45, 2.75) is 58.3 Å². The molecule has 0 aliphatic carbocycles. The number of nitrogens with two attached hydrogens (primary N) is 1. The van der Waals surface area contributed by atoms with E-state index >= 15 is 0 Å². The van der Waals surface area contributed by atoms with Gasteiger partial charge in [-0.25, -0.2) is 18.7 Å². The van der Waals surface area contributed by atoms with Gasteiger partial charge in [0.15, 0.2) is 11.6 Å². The van der Waals surface area contributed by atoms with Crippen LogP contribution in [-0.2, 0) is 22.4 Å². The molecule has 0 aliphatic heterocycles. The fraction of sp³-hybridized carbons (Fsp3) is 0.452. The van der Waals surface area contributed by atoms with E-state index in [-0.39, 0.29) is 19.1 Å². The Morgan fingerprint density at radius 1 is 0.953 bits per heavy atom. The number of anilines is 1. The predicted octanol–water partition coefficient (Wildman–Crippen LogP) is 6.25. The van der Waals surface area contributed by atoms with Crippen LogP contribution >= 0.6 is 0 Å². The van der Waals surface area contributed by atoms with Gasteiger partial charge in [0.2, 0.25) is 17.4 Å². The van der Waals surface area contributed by atoms with E-state index in [0.29, 0.717) is 19.0 Å². The van der Waals surface area contributed by atoms with Gasteiger partial charge in [-0.1, -0.05) is 25.8 Å². The van der Waals surface area contributed by atoms with E-state index in [1.807, 2.05) is 13.1 Å². The zero-order chi connectivity index (χ0) is 30.9. The number of hydrogen-bond donors (Lipinski definition) is 2. The van der Waals surface area contributed by atoms with Gasteiger partial charge in [-0.3, -0.25) is 4.79 Å². The Bertz CT molecular complexity index is 1540. The molecule has 0 spiro atoms. The lowest BCUT2D eigenvalue weighted by Gasteiger charge is -2.16. The van der Waals surface area contributed by atoms with Gasteiger partial charge in [-0.2, -0.15) is 8.78 Å². The predicted molar refractivity (Wildman–Crippen MR) is 157 cm³/mol. The Labute approximate surface area is 247 Å². The number of benzene rings is 2. The molecule has 0 aliphatic rings. The highest BCUT2D eigenvalue weighted by atomic mass is 19.2. The molecule has 0 saturated heterocycles. The van der Waals surface area contributed by atoms with Gasteiger partial charge < -0.3 is 25.1 Å². The van der Waals surface area contributed by atoms with E-state index in [9.17, 15) is 22.4 Å². The van der Waals surface area contributed by atoms with E-state index < -0.39 is 35.0 Å². The minimum Gasteiger partial charge on any atom is -0.420 e. The number of rotatable bonds is 16. The molecule has 4 aromatic rings. The van der Waals surface area contributed by atoms with Crippen LogP contribution < -0.4 is 10.5 Å². The number of aromatic nitrogens is 3. The van der Waals surface area contributed by atoms with Gasteiger partial charge in [0.25, 0.3) is 0 Å². The summed E-state index contributed by atoms with van der Waals surface area (Å²) in [6, 6.07) is 6.31. The quantitative estimate of drug-likeness (QED) is 0.0513. The topological polar surface area (TPSA) is 106 Å². The SMILES string of the molecule is CCCCc1nc2c([nH]1)c(N)nc1ccc(CCCCCN(C)CCOCCC(=O)Oc3c(F)c(F)cc(F)c3F)cc12. The van der Waals surface area contributed by atoms with Crippen molar-refractivity contribution in [1.29, 1.82) is 0 Å². The van der Waals surface area contributed by atoms with Crippen molar-refractivity contribution >= 4 is 33.7 Å². The lowest BCUT2D eigenvalue weighted by atomic mass is 10.0. The lowest BCUT2D eigenvalue weighted by Crippen LogP contribution is -2.25. The van der Waals surface area contributed by atoms with E-state index in [1.165, 1.54) is 5.56 Å². The number of carbonyl (C=O) groups is 1. The van der Waals surface area contributed by atoms with Crippen molar-refractivity contribution in [2.24, 2.45) is 0 Å². The van der Waals surface area contributed by atoms with Crippen LogP contribution in [0.15, 0.2) is 24.3 Å². The number of ether oxygens (including phenoxy) is 2. The first-order valence-electron chi connectivity index (χ1n) is 14.5. The van der Waals surface area contributed by atoms with Crippen LogP contribution in [0.4, 0.5) is 23.4 Å². The Morgan fingerprint density at radius 2 is 1.72 bits per heavy atom. The number of hydrogen-bond acceptors (Lipinski definition) is 7. The summed E-state index contributed by atoms with van der Waals surface area (Å²) in [5.41, 5.74) is 9.93. The van der Waals surface area contributed by atoms with Gasteiger partial charge in [0.05, 0.1) is 25.2 Å². The molecule has 4 rings (SSSR count). The molecule has 3 N–H and O–H groups in total. The molecular formula is C31H37F4N5O3. The Morgan fingerprint density at radius 3 is 2.47 bits per heavy atom. The molecule has 8 nitrogen and oxygen atoms in total. The first-order chi connectivity index (χ1) is 20.7. The standard InChI is InChI=1S/C31H37F4N5O3/c1-3-4-9-24-38-28-20-17-19(10-11-23(20)37-31(36)29(28)39-24)8-6-5-7-13-40(2)14-16-42-15-12-25(41)43-30-26(34)21(32)18-22(33)27(30)35/h10-11,17-18H,3-9,12-16H2,1-2H3,(H2,36,37)(H,38,39). The van der Waals surface area contributed by atoms with Crippen LogP contribution in [0.25, 0.3) is 21.9 Å². The highest BCUT2D eigenvalue weighted by Crippen LogP contribution is 2.28. The average Bonchev–Trinajstić information content (AvgIpc) is 3.42. The summed E-state index contributed by atoms with van der Waals surface area (Å²) in [7, 11) is 1.97. The maximum absolute atomic E-state index is 13.6. The molecule has 0 atom stereocenters. The summed E-state index contributed by atoms with van der Waals surface area (Å²) < 4.78 is 63.6. The second-order valence-corrected chi connectivity index (χ2v) is 10.6. The number of unbranched alkanes of at least 4 members (excludes halogenated alkanes) is 3. The average molecular weight is 604 g/mol. The summed E-state index contributed by atoms with van der Waals surface area (Å²) >= 11 is 0. The van der Waals surface area contributed by atoms with Gasteiger partial charge in [0, 0.05) is 24.4 Å². The fourth-order valence-electron chi connectivity index (χ4n) is 4.76. The van der Waals surface area contributed by atoms with Crippen LogP contribution in [0, 0.1) is 23.3 Å². The number of nitrogens with one attached hydrogen (secondary N) is 1. The van der Waals surface area contributed by atoms with Crippen LogP contribution in [-0.4, -0.2) is 59.2 Å². The van der Waals surface area contributed by atoms with Crippen molar-refractivity contribution in [1.82, 2.24) is 19.9 Å². The first kappa shape index (κ1) is 32.2. The lowest BCUT2D eigenvalue weighted by molar-refractivity contribution is -0.136. The summed E-state index contributed by atoms with van der Waals surface area (Å²) in [5.74, 6) is -7.87. The molecule has 0 bridgehead atoms. The number of esters is 1. The molecule has 2 heterocycles. The molecule has 0 amide bonds. The van der Waals surface area contributed by atoms with Gasteiger partial charge in [-0.15, -0.1) is 0 Å². The zero-order valence-electron chi connectivity index (χ0n) is 24.5. The minimum absolute atomic E-state index is 0.0447. The molecule has 2 aromatic heterocycles. The summed E-state index contributed by atoms with van der Waals surface area (Å²) in [4.78, 5) is 26.6. The third kappa shape index (κ3) is 8.41. The van der Waals surface area contributed by atoms with Crippen LogP contribution in [0.2, 0.25) is 0 Å². The molecule has 0 saturated carbocycles. The summed E-state index contributed by atoms with van der Waals surface area (Å²) in [5, 5.41) is 1.01. The number of nitrogens with zero attached hydrogens (tertiary/aromatic N) is 3. The van der Waals surface area contributed by atoms with Crippen molar-refractivity contribution in [3.63, 3.8) is 0 Å². The van der Waals surface area contributed by atoms with Crippen LogP contribution in [0.3, 0.4) is 0 Å². The van der Waals surface area contributed by atoms with E-state index in [0.717, 1.165) is 79.3 Å². The number of carbonyl (C=O) groups excluding carboxylic acids is 1. The molecule has 0 unspecified atom stereocenters. The number of aryl methyl sites for hydroxylation is 2. The fourth-order valence-corrected chi connectivity index (χ4v) is 4.76. The van der Waals surface area contributed by atoms with E-state index in [1.54, 1.807) is 0 Å². The van der Waals surface area contributed by atoms with Crippen molar-refractivity contribution < 1.29 is 31.8 Å². The Kier molecular flexibility index (Phi) is 11.3. The smallest absolute Gasteiger partial charge is 0.313 e. The molecule has 12 heteroatoms. The maximum atomic E-state index is 13.6. The Balaban J connectivity index is 1.13. The van der Waals surface area contributed by atoms with Crippen LogP contribution in [0.5, 0.6) is 5.75 Å². The van der Waals surface area contributed by atoms with Gasteiger partial charge in [0.1, 0.15) is 22.7 Å². The highest BCUT2D eigenvalue weighted by Gasteiger charge is 2.23. The third-order valence-electron chi connectivity index (χ3n) is 7.19. The molecule has 0 fully saturated rings. The number of pyridine rings is 1. The Hall–Kier alpha value is -3.77. The van der Waals surface area contributed by atoms with Gasteiger partial charge in [-0.05, 0) is 57.0 Å². The first-order valence-corrected chi connectivity index (χ1v) is 14.5. The zero-order valence-corrected chi connectivity index (χ0v) is 24.5. The maximum Gasteiger partial charge on any atom is 0.313 e. The van der Waals surface area contributed by atoms with E-state index in [2.05, 4.69) is 38.7 Å². The normalized spacial score (nSPS) is 11.7. The van der Waals surface area contributed by atoms with Crippen LogP contribution in [0.1, 0.15) is 56.8 Å². The molecule has 2 aromatic carbocycles. The van der Waals surface area contributed by atoms with Gasteiger partial charge >= 0.3 is 5.97 Å². The minimum atomic E-state index is -1.76. The number of aromatic amines is 1. The number of imidazole rings is 1. The molecule has 232 valence electrons. The van der Waals surface area contributed by atoms with Crippen molar-refractivity contribution in [2.75, 3.05) is 39.1 Å². The molecule has 0 radical (unpaired) electrons. The number of halogens is 4. The summed E-state index contributed by atoms with van der Waals surface area (Å²) in [6.45, 7) is 3.90. The summed E-state index contributed by atoms with van der Waals surface area (Å²) in [6.07, 6.45) is 6.72. The van der Waals surface area contributed by atoms with E-state index in [4.69, 9.17) is 15.5 Å². The second kappa shape index (κ2) is 15.1. The largest absolute Gasteiger partial charge is 0.420 e.